The number of pyridine rings is 1. The van der Waals surface area contributed by atoms with E-state index in [1.165, 1.54) is 0 Å². The molecule has 7 rings (SSSR count). The molecule has 0 bridgehead atoms. The van der Waals surface area contributed by atoms with Crippen LogP contribution in [0.5, 0.6) is 0 Å². The molecule has 344 valence electrons. The first kappa shape index (κ1) is 49.1. The molecule has 0 unspecified atom stereocenters. The van der Waals surface area contributed by atoms with Gasteiger partial charge < -0.3 is 0 Å². The van der Waals surface area contributed by atoms with Crippen molar-refractivity contribution in [1.29, 1.82) is 0 Å². The van der Waals surface area contributed by atoms with Crippen LogP contribution in [0.2, 0.25) is 10.2 Å². The lowest BCUT2D eigenvalue weighted by molar-refractivity contribution is -0.679. The molecule has 0 radical (unpaired) electrons. The van der Waals surface area contributed by atoms with Crippen LogP contribution in [0.4, 0.5) is 87.8 Å². The van der Waals surface area contributed by atoms with Crippen molar-refractivity contribution in [2.24, 2.45) is 0 Å². The third kappa shape index (κ3) is 7.54. The van der Waals surface area contributed by atoms with Gasteiger partial charge in [0, 0.05) is 10.9 Å². The van der Waals surface area contributed by atoms with Crippen LogP contribution in [-0.2, 0) is 6.54 Å². The van der Waals surface area contributed by atoms with Gasteiger partial charge in [-0.05, 0) is 17.7 Å². The lowest BCUT2D eigenvalue weighted by atomic mass is 9.12. The number of hydrogen-bond donors (Lipinski definition) is 0. The van der Waals surface area contributed by atoms with Crippen LogP contribution >= 0.6 is 23.2 Å². The van der Waals surface area contributed by atoms with Gasteiger partial charge in [0.25, 0.3) is 5.15 Å². The van der Waals surface area contributed by atoms with Gasteiger partial charge >= 0.3 is 0 Å². The summed E-state index contributed by atoms with van der Waals surface area (Å²) >= 11 is 12.7. The molecule has 1 heterocycles. The van der Waals surface area contributed by atoms with E-state index in [-0.39, 0.29) is 12.3 Å². The predicted octanol–water partition coefficient (Wildman–Crippen LogP) is 10.2. The molecule has 7 aromatic rings. The molecular weight excluding hydrogens is 984 g/mol. The minimum absolute atomic E-state index is 0.00570. The Bertz CT molecular complexity index is 2790. The summed E-state index contributed by atoms with van der Waals surface area (Å²) in [5.74, 6) is -71.4. The van der Waals surface area contributed by atoms with Crippen LogP contribution in [0.15, 0.2) is 60.8 Å². The quantitative estimate of drug-likeness (QED) is 0.0297. The van der Waals surface area contributed by atoms with Gasteiger partial charge in [-0.2, -0.15) is 4.57 Å². The van der Waals surface area contributed by atoms with Crippen LogP contribution in [0.1, 0.15) is 10.4 Å². The second kappa shape index (κ2) is 18.1. The number of rotatable bonds is 7. The molecule has 0 saturated heterocycles. The number of nitrogens with zero attached hydrogens (tertiary/aromatic N) is 1. The molecule has 0 atom stereocenters. The number of ketones is 1. The van der Waals surface area contributed by atoms with Gasteiger partial charge in [-0.3, -0.25) is 4.79 Å². The van der Waals surface area contributed by atoms with Crippen molar-refractivity contribution in [2.45, 2.75) is 6.54 Å². The van der Waals surface area contributed by atoms with Crippen molar-refractivity contribution in [3.05, 3.63) is 193 Å². The molecule has 0 N–H and O–H groups in total. The highest BCUT2D eigenvalue weighted by atomic mass is 35.5. The first-order valence-corrected chi connectivity index (χ1v) is 18.2. The van der Waals surface area contributed by atoms with Gasteiger partial charge in [-0.15, -0.1) is 21.9 Å². The second-order valence-electron chi connectivity index (χ2n) is 13.5. The fourth-order valence-corrected chi connectivity index (χ4v) is 7.70. The van der Waals surface area contributed by atoms with E-state index in [4.69, 9.17) is 23.2 Å². The standard InChI is InChI=1S/C24BF20.C17H12Cl2NO/c26-5-1(6(27)14(35)21(42)13(5)34)25(2-7(28)15(36)22(43)16(37)8(2)29,3-9(30)17(38)23(44)18(39)10(3)31)4-11(32)19(40)24(45)20(41)12(4)33;18-15-10-20(11-16(21)12-6-2-1-3-7-12)17(19)14-9-5-4-8-13(14)15/h;1-10H,11H2/q-1;+1. The summed E-state index contributed by atoms with van der Waals surface area (Å²) in [5, 5.41) is 2.82. The van der Waals surface area contributed by atoms with Crippen molar-refractivity contribution < 1.29 is 97.2 Å². The van der Waals surface area contributed by atoms with E-state index in [1.807, 2.05) is 42.5 Å². The van der Waals surface area contributed by atoms with E-state index >= 15 is 35.1 Å². The second-order valence-corrected chi connectivity index (χ2v) is 14.3. The van der Waals surface area contributed by atoms with Gasteiger partial charge in [0.05, 0.1) is 5.39 Å². The molecule has 0 aliphatic carbocycles. The Labute approximate surface area is 363 Å². The number of benzene rings is 6. The lowest BCUT2D eigenvalue weighted by Crippen LogP contribution is -2.81. The number of Topliss-reactive ketones (excluding diaryl/α,β-unsaturated/α-hetero) is 1. The van der Waals surface area contributed by atoms with E-state index in [1.54, 1.807) is 22.9 Å². The third-order valence-corrected chi connectivity index (χ3v) is 10.8. The molecule has 0 spiro atoms. The summed E-state index contributed by atoms with van der Waals surface area (Å²) in [5.41, 5.74) is -13.7. The molecule has 1 aromatic heterocycles. The predicted molar refractivity (Wildman–Crippen MR) is 194 cm³/mol. The van der Waals surface area contributed by atoms with E-state index < -0.39 is 144 Å². The topological polar surface area (TPSA) is 20.9 Å². The molecule has 0 aliphatic rings. The molecule has 0 amide bonds. The maximum atomic E-state index is 15.4. The monoisotopic (exact) mass is 995 g/mol. The Morgan fingerprint density at radius 1 is 0.379 bits per heavy atom. The Morgan fingerprint density at radius 3 is 0.939 bits per heavy atom. The first-order valence-electron chi connectivity index (χ1n) is 17.4. The highest BCUT2D eigenvalue weighted by molar-refractivity contribution is 7.20. The molecule has 6 aromatic carbocycles. The zero-order chi connectivity index (χ0) is 49.2. The van der Waals surface area contributed by atoms with Crippen LogP contribution in [0, 0.1) is 116 Å². The summed E-state index contributed by atoms with van der Waals surface area (Å²) in [4.78, 5) is 12.3. The van der Waals surface area contributed by atoms with Gasteiger partial charge in [0.15, 0.2) is 76.0 Å². The van der Waals surface area contributed by atoms with E-state index in [0.717, 1.165) is 10.8 Å². The first-order chi connectivity index (χ1) is 30.9. The van der Waals surface area contributed by atoms with Crippen LogP contribution < -0.4 is 26.4 Å². The summed E-state index contributed by atoms with van der Waals surface area (Å²) in [7, 11) is 0. The Morgan fingerprint density at radius 2 is 0.636 bits per heavy atom. The Kier molecular flexibility index (Phi) is 13.5. The van der Waals surface area contributed by atoms with Gasteiger partial charge in [0.1, 0.15) is 57.7 Å². The molecule has 25 heteroatoms. The van der Waals surface area contributed by atoms with Gasteiger partial charge in [-0.1, -0.05) is 60.1 Å². The van der Waals surface area contributed by atoms with E-state index in [2.05, 4.69) is 0 Å². The SMILES string of the molecule is Fc1c(F)c(F)c([B-](c2c(F)c(F)c(F)c(F)c2F)(c2c(F)c(F)c(F)c(F)c2F)c2c(F)c(F)c(F)c(F)c2F)c(F)c1F.O=C(C[n+]1cc(Cl)c2ccccc2c1Cl)c1ccccc1. The van der Waals surface area contributed by atoms with E-state index in [9.17, 15) is 57.5 Å². The molecule has 66 heavy (non-hydrogen) atoms. The number of carbonyl (C=O) groups is 1. The minimum Gasteiger partial charge on any atom is -0.287 e. The number of fused-ring (bicyclic) bond motifs is 1. The molecule has 0 fully saturated rings. The highest BCUT2D eigenvalue weighted by Crippen LogP contribution is 2.31. The zero-order valence-electron chi connectivity index (χ0n) is 31.2. The fourth-order valence-electron chi connectivity index (χ4n) is 7.15. The average Bonchev–Trinajstić information content (AvgIpc) is 3.31. The smallest absolute Gasteiger partial charge is 0.283 e. The van der Waals surface area contributed by atoms with Crippen molar-refractivity contribution in [2.75, 3.05) is 0 Å². The summed E-state index contributed by atoms with van der Waals surface area (Å²) in [6.45, 7) is 0.160. The summed E-state index contributed by atoms with van der Waals surface area (Å²) in [6.07, 6.45) is -5.52. The Hall–Kier alpha value is -6.36. The van der Waals surface area contributed by atoms with Crippen molar-refractivity contribution >= 4 is 67.8 Å². The molecular formula is C41H12BCl2F20NO. The summed E-state index contributed by atoms with van der Waals surface area (Å²) in [6, 6.07) is 16.8. The highest BCUT2D eigenvalue weighted by Gasteiger charge is 2.52. The van der Waals surface area contributed by atoms with Crippen molar-refractivity contribution in [3.8, 4) is 0 Å². The number of aromatic nitrogens is 1. The van der Waals surface area contributed by atoms with Crippen molar-refractivity contribution in [1.82, 2.24) is 0 Å². The van der Waals surface area contributed by atoms with E-state index in [0.29, 0.717) is 15.7 Å². The number of hydrogen-bond acceptors (Lipinski definition) is 1. The fraction of sp³-hybridized carbons (Fsp3) is 0.0244. The molecule has 2 nitrogen and oxygen atoms in total. The lowest BCUT2D eigenvalue weighted by Gasteiger charge is -2.44. The molecule has 0 aliphatic heterocycles. The van der Waals surface area contributed by atoms with Crippen LogP contribution in [-0.4, -0.2) is 11.9 Å². The van der Waals surface area contributed by atoms with Gasteiger partial charge in [0.2, 0.25) is 12.3 Å². The normalized spacial score (nSPS) is 11.6. The maximum Gasteiger partial charge on any atom is 0.283 e. The molecule has 0 saturated carbocycles. The Balaban J connectivity index is 0.000000284. The average molecular weight is 996 g/mol. The zero-order valence-corrected chi connectivity index (χ0v) is 32.7. The number of carbonyl (C=O) groups excluding carboxylic acids is 1. The summed E-state index contributed by atoms with van der Waals surface area (Å²) < 4.78 is 296. The van der Waals surface area contributed by atoms with Crippen LogP contribution in [0.3, 0.4) is 0 Å². The van der Waals surface area contributed by atoms with Crippen LogP contribution in [0.25, 0.3) is 10.8 Å². The minimum atomic E-state index is -7.22. The van der Waals surface area contributed by atoms with Crippen molar-refractivity contribution in [3.63, 3.8) is 0 Å². The largest absolute Gasteiger partial charge is 0.287 e. The van der Waals surface area contributed by atoms with Gasteiger partial charge in [-0.25, -0.2) is 87.8 Å². The number of halogens is 22. The third-order valence-electron chi connectivity index (χ3n) is 10.0. The maximum absolute atomic E-state index is 15.4.